The number of hydrogen-bond donors (Lipinski definition) is 1. The Morgan fingerprint density at radius 2 is 2.18 bits per heavy atom. The highest BCUT2D eigenvalue weighted by molar-refractivity contribution is 5.95. The van der Waals surface area contributed by atoms with Crippen LogP contribution in [0.3, 0.4) is 0 Å². The molecule has 0 spiro atoms. The Bertz CT molecular complexity index is 555. The maximum Gasteiger partial charge on any atom is 0.230 e. The number of nitrogens with zero attached hydrogens (tertiary/aromatic N) is 1. The van der Waals surface area contributed by atoms with E-state index in [1.54, 1.807) is 11.9 Å². The molecule has 5 nitrogen and oxygen atoms in total. The van der Waals surface area contributed by atoms with Gasteiger partial charge >= 0.3 is 0 Å². The quantitative estimate of drug-likeness (QED) is 0.906. The zero-order valence-corrected chi connectivity index (χ0v) is 13.5. The molecule has 1 heterocycles. The molecule has 5 heteroatoms. The van der Waals surface area contributed by atoms with E-state index < -0.39 is 0 Å². The lowest BCUT2D eigenvalue weighted by Crippen LogP contribution is -2.27. The maximum atomic E-state index is 11.9. The first kappa shape index (κ1) is 16.3. The summed E-state index contributed by atoms with van der Waals surface area (Å²) in [6.45, 7) is 5.07. The van der Waals surface area contributed by atoms with E-state index in [1.807, 2.05) is 32.0 Å². The number of benzene rings is 1. The van der Waals surface area contributed by atoms with Gasteiger partial charge in [-0.2, -0.15) is 0 Å². The van der Waals surface area contributed by atoms with E-state index >= 15 is 0 Å². The maximum absolute atomic E-state index is 11.9. The fraction of sp³-hybridized carbons (Fsp3) is 0.529. The Morgan fingerprint density at radius 1 is 1.41 bits per heavy atom. The summed E-state index contributed by atoms with van der Waals surface area (Å²) in [6, 6.07) is 5.85. The molecule has 0 saturated heterocycles. The van der Waals surface area contributed by atoms with Crippen LogP contribution >= 0.6 is 0 Å². The fourth-order valence-corrected chi connectivity index (χ4v) is 2.44. The summed E-state index contributed by atoms with van der Waals surface area (Å²) in [4.78, 5) is 25.2. The SMILES string of the molecule is CC(C)CC(=O)NCCc1ccc2c(c1)N(C)C(=O)CCO2. The molecule has 2 amide bonds. The van der Waals surface area contributed by atoms with Gasteiger partial charge in [-0.25, -0.2) is 0 Å². The van der Waals surface area contributed by atoms with E-state index in [4.69, 9.17) is 4.74 Å². The van der Waals surface area contributed by atoms with E-state index in [2.05, 4.69) is 5.32 Å². The molecule has 1 aromatic rings. The Kier molecular flexibility index (Phi) is 5.41. The third-order valence-corrected chi connectivity index (χ3v) is 3.66. The molecule has 0 bridgehead atoms. The number of hydrogen-bond acceptors (Lipinski definition) is 3. The molecule has 120 valence electrons. The van der Waals surface area contributed by atoms with Crippen LogP contribution in [0.15, 0.2) is 18.2 Å². The molecule has 1 aliphatic rings. The standard InChI is InChI=1S/C17H24N2O3/c1-12(2)10-16(20)18-8-6-13-4-5-15-14(11-13)19(3)17(21)7-9-22-15/h4-5,11-12H,6-10H2,1-3H3,(H,18,20). The lowest BCUT2D eigenvalue weighted by atomic mass is 10.1. The molecule has 0 radical (unpaired) electrons. The van der Waals surface area contributed by atoms with Gasteiger partial charge in [0, 0.05) is 20.0 Å². The number of amides is 2. The van der Waals surface area contributed by atoms with Crippen molar-refractivity contribution in [1.82, 2.24) is 5.32 Å². The zero-order valence-electron chi connectivity index (χ0n) is 13.5. The van der Waals surface area contributed by atoms with Crippen LogP contribution in [0, 0.1) is 5.92 Å². The van der Waals surface area contributed by atoms with Gasteiger partial charge in [0.05, 0.1) is 18.7 Å². The van der Waals surface area contributed by atoms with Crippen molar-refractivity contribution in [3.63, 3.8) is 0 Å². The molecular formula is C17H24N2O3. The molecule has 0 aliphatic carbocycles. The minimum atomic E-state index is 0.0566. The normalized spacial score (nSPS) is 14.4. The summed E-state index contributed by atoms with van der Waals surface area (Å²) in [5, 5.41) is 2.92. The second-order valence-electron chi connectivity index (χ2n) is 6.05. The van der Waals surface area contributed by atoms with Crippen LogP contribution in [0.4, 0.5) is 5.69 Å². The van der Waals surface area contributed by atoms with E-state index in [0.29, 0.717) is 31.9 Å². The molecule has 1 N–H and O–H groups in total. The summed E-state index contributed by atoms with van der Waals surface area (Å²) < 4.78 is 5.60. The van der Waals surface area contributed by atoms with Gasteiger partial charge < -0.3 is 15.0 Å². The number of fused-ring (bicyclic) bond motifs is 1. The second-order valence-corrected chi connectivity index (χ2v) is 6.05. The second kappa shape index (κ2) is 7.29. The topological polar surface area (TPSA) is 58.6 Å². The number of nitrogens with one attached hydrogen (secondary N) is 1. The minimum Gasteiger partial charge on any atom is -0.491 e. The molecule has 1 aliphatic heterocycles. The molecule has 1 aromatic carbocycles. The van der Waals surface area contributed by atoms with E-state index in [1.165, 1.54) is 0 Å². The predicted molar refractivity (Wildman–Crippen MR) is 86.1 cm³/mol. The number of carbonyl (C=O) groups excluding carboxylic acids is 2. The monoisotopic (exact) mass is 304 g/mol. The number of carbonyl (C=O) groups is 2. The van der Waals surface area contributed by atoms with Crippen molar-refractivity contribution in [1.29, 1.82) is 0 Å². The first-order valence-corrected chi connectivity index (χ1v) is 7.76. The minimum absolute atomic E-state index is 0.0566. The Hall–Kier alpha value is -2.04. The van der Waals surface area contributed by atoms with Crippen molar-refractivity contribution in [2.75, 3.05) is 25.1 Å². The van der Waals surface area contributed by atoms with Crippen LogP contribution < -0.4 is 15.0 Å². The molecule has 0 aromatic heterocycles. The Balaban J connectivity index is 1.97. The molecular weight excluding hydrogens is 280 g/mol. The highest BCUT2D eigenvalue weighted by Gasteiger charge is 2.20. The lowest BCUT2D eigenvalue weighted by Gasteiger charge is -2.17. The van der Waals surface area contributed by atoms with Crippen molar-refractivity contribution in [3.8, 4) is 5.75 Å². The molecule has 0 fully saturated rings. The highest BCUT2D eigenvalue weighted by Crippen LogP contribution is 2.31. The van der Waals surface area contributed by atoms with Gasteiger partial charge in [-0.15, -0.1) is 0 Å². The molecule has 22 heavy (non-hydrogen) atoms. The van der Waals surface area contributed by atoms with Crippen molar-refractivity contribution >= 4 is 17.5 Å². The van der Waals surface area contributed by atoms with Crippen LogP contribution in [0.1, 0.15) is 32.3 Å². The zero-order chi connectivity index (χ0) is 16.1. The number of ether oxygens (including phenoxy) is 1. The highest BCUT2D eigenvalue weighted by atomic mass is 16.5. The summed E-state index contributed by atoms with van der Waals surface area (Å²) >= 11 is 0. The van der Waals surface area contributed by atoms with E-state index in [0.717, 1.165) is 23.4 Å². The summed E-state index contributed by atoms with van der Waals surface area (Å²) in [6.07, 6.45) is 1.68. The van der Waals surface area contributed by atoms with Gasteiger partial charge in [-0.3, -0.25) is 9.59 Å². The van der Waals surface area contributed by atoms with Gasteiger partial charge in [0.2, 0.25) is 11.8 Å². The van der Waals surface area contributed by atoms with E-state index in [-0.39, 0.29) is 11.8 Å². The van der Waals surface area contributed by atoms with E-state index in [9.17, 15) is 9.59 Å². The van der Waals surface area contributed by atoms with Gasteiger partial charge in [0.25, 0.3) is 0 Å². The smallest absolute Gasteiger partial charge is 0.230 e. The molecule has 0 saturated carbocycles. The average Bonchev–Trinajstić information content (AvgIpc) is 2.59. The van der Waals surface area contributed by atoms with Crippen molar-refractivity contribution in [3.05, 3.63) is 23.8 Å². The van der Waals surface area contributed by atoms with Gasteiger partial charge in [0.1, 0.15) is 5.75 Å². The third kappa shape index (κ3) is 4.23. The predicted octanol–water partition coefficient (Wildman–Crippen LogP) is 2.14. The van der Waals surface area contributed by atoms with Crippen LogP contribution in [0.25, 0.3) is 0 Å². The van der Waals surface area contributed by atoms with Gasteiger partial charge in [-0.1, -0.05) is 19.9 Å². The fourth-order valence-electron chi connectivity index (χ4n) is 2.44. The largest absolute Gasteiger partial charge is 0.491 e. The van der Waals surface area contributed by atoms with Gasteiger partial charge in [0.15, 0.2) is 0 Å². The average molecular weight is 304 g/mol. The third-order valence-electron chi connectivity index (χ3n) is 3.66. The molecule has 0 unspecified atom stereocenters. The Labute approximate surface area is 131 Å². The number of rotatable bonds is 5. The lowest BCUT2D eigenvalue weighted by molar-refractivity contribution is -0.121. The van der Waals surface area contributed by atoms with Crippen molar-refractivity contribution in [2.45, 2.75) is 33.1 Å². The molecule has 0 atom stereocenters. The van der Waals surface area contributed by atoms with Crippen LogP contribution in [-0.2, 0) is 16.0 Å². The number of anilines is 1. The van der Waals surface area contributed by atoms with Crippen molar-refractivity contribution in [2.24, 2.45) is 5.92 Å². The van der Waals surface area contributed by atoms with Gasteiger partial charge in [-0.05, 0) is 30.0 Å². The van der Waals surface area contributed by atoms with Crippen LogP contribution in [-0.4, -0.2) is 32.0 Å². The Morgan fingerprint density at radius 3 is 2.91 bits per heavy atom. The van der Waals surface area contributed by atoms with Crippen LogP contribution in [0.5, 0.6) is 5.75 Å². The summed E-state index contributed by atoms with van der Waals surface area (Å²) in [5.41, 5.74) is 1.88. The summed E-state index contributed by atoms with van der Waals surface area (Å²) in [5.74, 6) is 1.24. The first-order valence-electron chi connectivity index (χ1n) is 7.76. The van der Waals surface area contributed by atoms with Crippen molar-refractivity contribution < 1.29 is 14.3 Å². The summed E-state index contributed by atoms with van der Waals surface area (Å²) in [7, 11) is 1.77. The molecule has 2 rings (SSSR count). The first-order chi connectivity index (χ1) is 10.5. The van der Waals surface area contributed by atoms with Crippen LogP contribution in [0.2, 0.25) is 0 Å².